The third-order valence-corrected chi connectivity index (χ3v) is 9.30. The van der Waals surface area contributed by atoms with E-state index in [2.05, 4.69) is 47.8 Å². The zero-order valence-electron chi connectivity index (χ0n) is 30.6. The summed E-state index contributed by atoms with van der Waals surface area (Å²) in [5, 5.41) is 25.3. The number of aliphatic carboxylic acids is 1. The minimum atomic E-state index is -1.42. The molecule has 0 radical (unpaired) electrons. The zero-order chi connectivity index (χ0) is 39.5. The van der Waals surface area contributed by atoms with E-state index in [4.69, 9.17) is 5.73 Å². The van der Waals surface area contributed by atoms with Gasteiger partial charge in [-0.15, -0.1) is 0 Å². The second kappa shape index (κ2) is 23.2. The van der Waals surface area contributed by atoms with E-state index >= 15 is 0 Å². The van der Waals surface area contributed by atoms with Gasteiger partial charge in [0.25, 0.3) is 0 Å². The number of carboxylic acid groups (broad SMARTS) is 1. The Morgan fingerprint density at radius 1 is 0.774 bits per heavy atom. The molecule has 7 amide bonds. The quantitative estimate of drug-likeness (QED) is 0.0761. The largest absolute Gasteiger partial charge is 0.480 e. The number of amides is 7. The fourth-order valence-electron chi connectivity index (χ4n) is 6.10. The van der Waals surface area contributed by atoms with Gasteiger partial charge in [-0.25, -0.2) is 4.79 Å². The van der Waals surface area contributed by atoms with Crippen LogP contribution in [0.5, 0.6) is 0 Å². The zero-order valence-corrected chi connectivity index (χ0v) is 32.2. The summed E-state index contributed by atoms with van der Waals surface area (Å²) in [4.78, 5) is 102. The van der Waals surface area contributed by atoms with Crippen molar-refractivity contribution in [1.82, 2.24) is 31.9 Å². The van der Waals surface area contributed by atoms with Crippen LogP contribution in [0.4, 0.5) is 0 Å². The molecule has 1 saturated carbocycles. The molecule has 53 heavy (non-hydrogen) atoms. The van der Waals surface area contributed by atoms with Gasteiger partial charge in [-0.1, -0.05) is 92.2 Å². The van der Waals surface area contributed by atoms with Gasteiger partial charge in [0.1, 0.15) is 30.2 Å². The van der Waals surface area contributed by atoms with E-state index in [1.807, 2.05) is 13.8 Å². The average molecular weight is 809 g/mol. The number of nitrogens with two attached hydrogens (primary N) is 1. The van der Waals surface area contributed by atoms with E-state index in [1.54, 1.807) is 30.3 Å². The molecule has 1 aliphatic rings. The Morgan fingerprint density at radius 3 is 1.89 bits per heavy atom. The fourth-order valence-corrected chi connectivity index (χ4v) is 6.30. The van der Waals surface area contributed by atoms with Crippen molar-refractivity contribution < 1.29 is 43.5 Å². The van der Waals surface area contributed by atoms with Crippen molar-refractivity contribution in [3.8, 4) is 0 Å². The molecule has 0 unspecified atom stereocenters. The van der Waals surface area contributed by atoms with Crippen molar-refractivity contribution in [3.05, 3.63) is 35.9 Å². The molecular weight excluding hydrogens is 754 g/mol. The monoisotopic (exact) mass is 807 g/mol. The lowest BCUT2D eigenvalue weighted by Crippen LogP contribution is -2.61. The number of carboxylic acids is 1. The van der Waals surface area contributed by atoms with Gasteiger partial charge in [-0.2, -0.15) is 0 Å². The first-order valence-corrected chi connectivity index (χ1v) is 19.1. The summed E-state index contributed by atoms with van der Waals surface area (Å²) < 4.78 is 0. The van der Waals surface area contributed by atoms with E-state index < -0.39 is 77.5 Å². The highest BCUT2D eigenvalue weighted by molar-refractivity contribution is 9.09. The van der Waals surface area contributed by atoms with Crippen molar-refractivity contribution in [2.24, 2.45) is 17.6 Å². The Kier molecular flexibility index (Phi) is 19.5. The summed E-state index contributed by atoms with van der Waals surface area (Å²) in [5.74, 6) is -6.04. The Bertz CT molecular complexity index is 1420. The Hall–Kier alpha value is -4.54. The first-order valence-electron chi connectivity index (χ1n) is 18.0. The minimum absolute atomic E-state index is 0.000935. The van der Waals surface area contributed by atoms with Crippen LogP contribution in [0.15, 0.2) is 30.3 Å². The molecule has 0 heterocycles. The van der Waals surface area contributed by atoms with Crippen LogP contribution in [0.3, 0.4) is 0 Å². The lowest BCUT2D eigenvalue weighted by molar-refractivity contribution is -0.142. The Morgan fingerprint density at radius 2 is 1.32 bits per heavy atom. The van der Waals surface area contributed by atoms with Gasteiger partial charge in [0, 0.05) is 26.3 Å². The number of hydrogen-bond donors (Lipinski definition) is 8. The average Bonchev–Trinajstić information content (AvgIpc) is 3.10. The molecular formula is C36H54BrN7O9. The molecule has 2 rings (SSSR count). The summed E-state index contributed by atoms with van der Waals surface area (Å²) in [7, 11) is 0. The molecule has 1 fully saturated rings. The van der Waals surface area contributed by atoms with Crippen LogP contribution in [-0.2, 0) is 44.8 Å². The Balaban J connectivity index is 2.34. The standard InChI is InChI=1S/C36H54BrN7O9/c1-21(2)16-26(33(49)43-28(36(52)53)18-24-12-8-5-9-13-24)41-35(51)29(20-39-31(47)19-37)44-34(50)27(17-23-10-6-4-7-11-23)42-32(48)25(40-22(3)45)14-15-30(38)46/h5,8-9,12-13,21,23,25-29H,4,6-7,10-11,14-20H2,1-3H3,(H2,38,46)(H,39,47)(H,40,45)(H,41,51)(H,42,48)(H,43,49)(H,44,50)(H,52,53)/t25-,26-,27-,28-,29-/m0/s1. The molecule has 0 spiro atoms. The smallest absolute Gasteiger partial charge is 0.326 e. The van der Waals surface area contributed by atoms with Crippen LogP contribution in [-0.4, -0.2) is 94.5 Å². The predicted molar refractivity (Wildman–Crippen MR) is 199 cm³/mol. The molecule has 0 saturated heterocycles. The molecule has 1 aliphatic carbocycles. The lowest BCUT2D eigenvalue weighted by Gasteiger charge is -2.30. The molecule has 9 N–H and O–H groups in total. The third kappa shape index (κ3) is 17.2. The molecule has 5 atom stereocenters. The summed E-state index contributed by atoms with van der Waals surface area (Å²) in [5.41, 5.74) is 5.95. The van der Waals surface area contributed by atoms with Crippen LogP contribution < -0.4 is 37.6 Å². The van der Waals surface area contributed by atoms with E-state index in [9.17, 15) is 43.5 Å². The van der Waals surface area contributed by atoms with E-state index in [1.165, 1.54) is 6.92 Å². The van der Waals surface area contributed by atoms with Gasteiger partial charge in [0.2, 0.25) is 41.4 Å². The number of benzene rings is 1. The van der Waals surface area contributed by atoms with Gasteiger partial charge >= 0.3 is 5.97 Å². The number of carbonyl (C=O) groups excluding carboxylic acids is 7. The van der Waals surface area contributed by atoms with Crippen molar-refractivity contribution in [3.63, 3.8) is 0 Å². The number of rotatable bonds is 22. The summed E-state index contributed by atoms with van der Waals surface area (Å²) >= 11 is 3.05. The molecule has 0 bridgehead atoms. The van der Waals surface area contributed by atoms with Crippen LogP contribution in [0.1, 0.15) is 84.1 Å². The molecule has 16 nitrogen and oxygen atoms in total. The maximum absolute atomic E-state index is 14.0. The van der Waals surface area contributed by atoms with Crippen molar-refractivity contribution in [2.45, 2.75) is 115 Å². The highest BCUT2D eigenvalue weighted by atomic mass is 79.9. The maximum Gasteiger partial charge on any atom is 0.326 e. The molecule has 294 valence electrons. The first-order chi connectivity index (χ1) is 25.1. The van der Waals surface area contributed by atoms with Crippen LogP contribution in [0, 0.1) is 11.8 Å². The number of alkyl halides is 1. The second-order valence-electron chi connectivity index (χ2n) is 13.8. The molecule has 1 aromatic rings. The van der Waals surface area contributed by atoms with Crippen LogP contribution in [0.2, 0.25) is 0 Å². The van der Waals surface area contributed by atoms with E-state index in [0.717, 1.165) is 32.1 Å². The molecule has 17 heteroatoms. The fraction of sp³-hybridized carbons (Fsp3) is 0.611. The highest BCUT2D eigenvalue weighted by Crippen LogP contribution is 2.27. The molecule has 0 aliphatic heterocycles. The van der Waals surface area contributed by atoms with Crippen molar-refractivity contribution >= 4 is 63.2 Å². The SMILES string of the molecule is CC(=O)N[C@@H](CCC(N)=O)C(=O)N[C@@H](CC1CCCCC1)C(=O)N[C@@H](CNC(=O)CBr)C(=O)N[C@@H](CC(C)C)C(=O)N[C@@H](Cc1ccccc1)C(=O)O. The molecule has 1 aromatic carbocycles. The normalized spacial score (nSPS) is 15.8. The van der Waals surface area contributed by atoms with E-state index in [0.29, 0.717) is 5.56 Å². The highest BCUT2D eigenvalue weighted by Gasteiger charge is 2.34. The second-order valence-corrected chi connectivity index (χ2v) is 14.4. The number of nitrogens with one attached hydrogen (secondary N) is 6. The lowest BCUT2D eigenvalue weighted by atomic mass is 9.84. The van der Waals surface area contributed by atoms with Gasteiger partial charge in [-0.05, 0) is 36.7 Å². The van der Waals surface area contributed by atoms with Gasteiger partial charge in [0.05, 0.1) is 5.33 Å². The van der Waals surface area contributed by atoms with Crippen LogP contribution in [0.25, 0.3) is 0 Å². The van der Waals surface area contributed by atoms with Crippen molar-refractivity contribution in [2.75, 3.05) is 11.9 Å². The minimum Gasteiger partial charge on any atom is -0.480 e. The number of carbonyl (C=O) groups is 8. The summed E-state index contributed by atoms with van der Waals surface area (Å²) in [6.45, 7) is 4.47. The first kappa shape index (κ1) is 44.6. The van der Waals surface area contributed by atoms with Gasteiger partial charge < -0.3 is 42.7 Å². The number of halogens is 1. The Labute approximate surface area is 318 Å². The predicted octanol–water partition coefficient (Wildman–Crippen LogP) is 0.551. The summed E-state index contributed by atoms with van der Waals surface area (Å²) in [6, 6.07) is 2.50. The van der Waals surface area contributed by atoms with Gasteiger partial charge in [0.15, 0.2) is 0 Å². The van der Waals surface area contributed by atoms with Crippen molar-refractivity contribution in [1.29, 1.82) is 0 Å². The van der Waals surface area contributed by atoms with Gasteiger partial charge in [-0.3, -0.25) is 33.6 Å². The molecule has 0 aromatic heterocycles. The van der Waals surface area contributed by atoms with E-state index in [-0.39, 0.29) is 55.8 Å². The number of primary amides is 1. The maximum atomic E-state index is 14.0. The summed E-state index contributed by atoms with van der Waals surface area (Å²) in [6.07, 6.45) is 4.60. The third-order valence-electron chi connectivity index (χ3n) is 8.80. The number of hydrogen-bond acceptors (Lipinski definition) is 8. The topological polar surface area (TPSA) is 255 Å². The van der Waals surface area contributed by atoms with Crippen LogP contribution >= 0.6 is 15.9 Å².